The number of aliphatic carboxylic acids is 1. The third-order valence-corrected chi connectivity index (χ3v) is 3.85. The van der Waals surface area contributed by atoms with Gasteiger partial charge < -0.3 is 15.3 Å². The molecule has 0 aromatic carbocycles. The molecule has 106 valence electrons. The Morgan fingerprint density at radius 3 is 2.44 bits per heavy atom. The number of carboxylic acids is 1. The fourth-order valence-electron chi connectivity index (χ4n) is 2.61. The van der Waals surface area contributed by atoms with Gasteiger partial charge in [0.05, 0.1) is 0 Å². The molecule has 0 aromatic rings. The van der Waals surface area contributed by atoms with Crippen molar-refractivity contribution in [2.45, 2.75) is 58.5 Å². The molecule has 18 heavy (non-hydrogen) atoms. The fraction of sp³-hybridized carbons (Fsp3) is 0.929. The molecule has 1 atom stereocenters. The molecule has 0 aromatic heterocycles. The van der Waals surface area contributed by atoms with Crippen molar-refractivity contribution in [3.63, 3.8) is 0 Å². The van der Waals surface area contributed by atoms with Gasteiger partial charge in [0.2, 0.25) is 0 Å². The standard InChI is InChI=1S/C14H28N2O2/c1-4-12-5-8-16(9-6-12)10-7-13(14(17)18)15-11(2)3/h11-13,15H,4-10H2,1-3H3,(H,17,18). The average Bonchev–Trinajstić information content (AvgIpc) is 2.34. The number of piperidine rings is 1. The summed E-state index contributed by atoms with van der Waals surface area (Å²) >= 11 is 0. The number of hydrogen-bond donors (Lipinski definition) is 2. The molecule has 1 rings (SSSR count). The minimum absolute atomic E-state index is 0.219. The van der Waals surface area contributed by atoms with E-state index >= 15 is 0 Å². The van der Waals surface area contributed by atoms with Gasteiger partial charge in [-0.25, -0.2) is 0 Å². The lowest BCUT2D eigenvalue weighted by atomic mass is 9.94. The van der Waals surface area contributed by atoms with Crippen molar-refractivity contribution in [2.24, 2.45) is 5.92 Å². The molecule has 4 nitrogen and oxygen atoms in total. The SMILES string of the molecule is CCC1CCN(CCC(NC(C)C)C(=O)O)CC1. The lowest BCUT2D eigenvalue weighted by molar-refractivity contribution is -0.140. The van der Waals surface area contributed by atoms with E-state index in [1.54, 1.807) is 0 Å². The van der Waals surface area contributed by atoms with Crippen LogP contribution in [0.2, 0.25) is 0 Å². The van der Waals surface area contributed by atoms with Crippen molar-refractivity contribution in [3.8, 4) is 0 Å². The maximum absolute atomic E-state index is 11.1. The summed E-state index contributed by atoms with van der Waals surface area (Å²) in [6, 6.07) is -0.189. The second kappa shape index (κ2) is 7.74. The maximum Gasteiger partial charge on any atom is 0.320 e. The first-order valence-corrected chi connectivity index (χ1v) is 7.24. The van der Waals surface area contributed by atoms with Gasteiger partial charge in [0.1, 0.15) is 6.04 Å². The number of carbonyl (C=O) groups is 1. The van der Waals surface area contributed by atoms with Crippen molar-refractivity contribution >= 4 is 5.97 Å². The molecule has 0 aliphatic carbocycles. The summed E-state index contributed by atoms with van der Waals surface area (Å²) in [6.45, 7) is 9.39. The Hall–Kier alpha value is -0.610. The molecule has 1 aliphatic rings. The highest BCUT2D eigenvalue weighted by Gasteiger charge is 2.21. The predicted octanol–water partition coefficient (Wildman–Crippen LogP) is 1.95. The third-order valence-electron chi connectivity index (χ3n) is 3.85. The summed E-state index contributed by atoms with van der Waals surface area (Å²) in [4.78, 5) is 13.5. The average molecular weight is 256 g/mol. The Kier molecular flexibility index (Phi) is 6.65. The maximum atomic E-state index is 11.1. The molecule has 0 bridgehead atoms. The van der Waals surface area contributed by atoms with Crippen LogP contribution in [0, 0.1) is 5.92 Å². The Bertz CT molecular complexity index is 248. The van der Waals surface area contributed by atoms with E-state index in [1.807, 2.05) is 13.8 Å². The Morgan fingerprint density at radius 1 is 1.39 bits per heavy atom. The van der Waals surface area contributed by atoms with Crippen molar-refractivity contribution in [1.29, 1.82) is 0 Å². The second-order valence-corrected chi connectivity index (χ2v) is 5.69. The van der Waals surface area contributed by atoms with E-state index in [4.69, 9.17) is 5.11 Å². The van der Waals surface area contributed by atoms with Crippen LogP contribution in [0.4, 0.5) is 0 Å². The monoisotopic (exact) mass is 256 g/mol. The van der Waals surface area contributed by atoms with E-state index in [0.29, 0.717) is 6.42 Å². The van der Waals surface area contributed by atoms with E-state index in [2.05, 4.69) is 17.1 Å². The molecule has 0 spiro atoms. The molecule has 1 fully saturated rings. The minimum atomic E-state index is -0.729. The molecule has 1 aliphatic heterocycles. The second-order valence-electron chi connectivity index (χ2n) is 5.69. The predicted molar refractivity (Wildman–Crippen MR) is 73.8 cm³/mol. The summed E-state index contributed by atoms with van der Waals surface area (Å²) < 4.78 is 0. The Labute approximate surface area is 111 Å². The summed E-state index contributed by atoms with van der Waals surface area (Å²) in [5.74, 6) is 0.150. The van der Waals surface area contributed by atoms with Crippen LogP contribution in [0.3, 0.4) is 0 Å². The lowest BCUT2D eigenvalue weighted by Crippen LogP contribution is -2.44. The lowest BCUT2D eigenvalue weighted by Gasteiger charge is -2.32. The summed E-state index contributed by atoms with van der Waals surface area (Å²) in [5.41, 5.74) is 0. The third kappa shape index (κ3) is 5.36. The number of hydrogen-bond acceptors (Lipinski definition) is 3. The highest BCUT2D eigenvalue weighted by molar-refractivity contribution is 5.73. The first-order chi connectivity index (χ1) is 8.52. The summed E-state index contributed by atoms with van der Waals surface area (Å²) in [6.07, 6.45) is 4.52. The van der Waals surface area contributed by atoms with E-state index in [-0.39, 0.29) is 6.04 Å². The van der Waals surface area contributed by atoms with Gasteiger partial charge in [0, 0.05) is 12.6 Å². The van der Waals surface area contributed by atoms with E-state index in [9.17, 15) is 4.79 Å². The van der Waals surface area contributed by atoms with E-state index in [0.717, 1.165) is 25.6 Å². The molecule has 1 saturated heterocycles. The molecule has 0 radical (unpaired) electrons. The quantitative estimate of drug-likeness (QED) is 0.731. The van der Waals surface area contributed by atoms with Crippen LogP contribution in [-0.2, 0) is 4.79 Å². The zero-order valence-electron chi connectivity index (χ0n) is 12.0. The number of rotatable bonds is 7. The van der Waals surface area contributed by atoms with Crippen LogP contribution in [0.5, 0.6) is 0 Å². The van der Waals surface area contributed by atoms with Crippen LogP contribution in [0.25, 0.3) is 0 Å². The zero-order chi connectivity index (χ0) is 13.5. The van der Waals surface area contributed by atoms with Crippen LogP contribution in [0.1, 0.15) is 46.5 Å². The van der Waals surface area contributed by atoms with E-state index < -0.39 is 12.0 Å². The van der Waals surface area contributed by atoms with Gasteiger partial charge in [0.25, 0.3) is 0 Å². The largest absolute Gasteiger partial charge is 0.480 e. The molecule has 4 heteroatoms. The molecule has 2 N–H and O–H groups in total. The Balaban J connectivity index is 2.28. The minimum Gasteiger partial charge on any atom is -0.480 e. The van der Waals surface area contributed by atoms with Gasteiger partial charge in [-0.2, -0.15) is 0 Å². The molecule has 1 unspecified atom stereocenters. The van der Waals surface area contributed by atoms with Gasteiger partial charge in [-0.05, 0) is 38.3 Å². The first-order valence-electron chi connectivity index (χ1n) is 7.24. The normalized spacial score (nSPS) is 20.2. The number of nitrogens with one attached hydrogen (secondary N) is 1. The molecule has 0 saturated carbocycles. The first kappa shape index (κ1) is 15.4. The molecular formula is C14H28N2O2. The van der Waals surface area contributed by atoms with Crippen molar-refractivity contribution in [1.82, 2.24) is 10.2 Å². The van der Waals surface area contributed by atoms with Crippen LogP contribution in [-0.4, -0.2) is 47.7 Å². The van der Waals surface area contributed by atoms with Gasteiger partial charge in [-0.1, -0.05) is 27.2 Å². The molecular weight excluding hydrogens is 228 g/mol. The zero-order valence-corrected chi connectivity index (χ0v) is 12.0. The van der Waals surface area contributed by atoms with Crippen molar-refractivity contribution in [2.75, 3.05) is 19.6 Å². The van der Waals surface area contributed by atoms with Gasteiger partial charge >= 0.3 is 5.97 Å². The highest BCUT2D eigenvalue weighted by atomic mass is 16.4. The van der Waals surface area contributed by atoms with Crippen LogP contribution < -0.4 is 5.32 Å². The topological polar surface area (TPSA) is 52.6 Å². The number of nitrogens with zero attached hydrogens (tertiary/aromatic N) is 1. The van der Waals surface area contributed by atoms with Gasteiger partial charge in [-0.15, -0.1) is 0 Å². The Morgan fingerprint density at radius 2 is 2.00 bits per heavy atom. The smallest absolute Gasteiger partial charge is 0.320 e. The number of carboxylic acid groups (broad SMARTS) is 1. The number of likely N-dealkylation sites (tertiary alicyclic amines) is 1. The van der Waals surface area contributed by atoms with Crippen molar-refractivity contribution < 1.29 is 9.90 Å². The molecule has 0 amide bonds. The van der Waals surface area contributed by atoms with Crippen LogP contribution >= 0.6 is 0 Å². The van der Waals surface area contributed by atoms with Crippen molar-refractivity contribution in [3.05, 3.63) is 0 Å². The molecule has 1 heterocycles. The van der Waals surface area contributed by atoms with Gasteiger partial charge in [-0.3, -0.25) is 4.79 Å². The van der Waals surface area contributed by atoms with Crippen LogP contribution in [0.15, 0.2) is 0 Å². The highest BCUT2D eigenvalue weighted by Crippen LogP contribution is 2.20. The fourth-order valence-corrected chi connectivity index (χ4v) is 2.61. The van der Waals surface area contributed by atoms with E-state index in [1.165, 1.54) is 19.3 Å². The van der Waals surface area contributed by atoms with Gasteiger partial charge in [0.15, 0.2) is 0 Å². The summed E-state index contributed by atoms with van der Waals surface area (Å²) in [7, 11) is 0. The summed E-state index contributed by atoms with van der Waals surface area (Å²) in [5, 5.41) is 12.3.